The Morgan fingerprint density at radius 2 is 2.21 bits per heavy atom. The second-order valence-electron chi connectivity index (χ2n) is 2.93. The summed E-state index contributed by atoms with van der Waals surface area (Å²) in [6.45, 7) is 4.68. The number of benzene rings is 1. The summed E-state index contributed by atoms with van der Waals surface area (Å²) < 4.78 is 6.32. The maximum Gasteiger partial charge on any atom is 0.122 e. The van der Waals surface area contributed by atoms with Crippen LogP contribution in [0.25, 0.3) is 0 Å². The Bertz CT molecular complexity index is 339. The highest BCUT2D eigenvalue weighted by Crippen LogP contribution is 2.27. The summed E-state index contributed by atoms with van der Waals surface area (Å²) in [4.78, 5) is 10.2. The summed E-state index contributed by atoms with van der Waals surface area (Å²) >= 11 is 3.38. The molecule has 0 N–H and O–H groups in total. The van der Waals surface area contributed by atoms with Gasteiger partial charge in [0.25, 0.3) is 0 Å². The topological polar surface area (TPSA) is 38.7 Å². The van der Waals surface area contributed by atoms with Crippen LogP contribution in [-0.2, 0) is 6.54 Å². The first-order valence-electron chi connectivity index (χ1n) is 4.40. The van der Waals surface area contributed by atoms with Crippen molar-refractivity contribution in [3.63, 3.8) is 0 Å². The van der Waals surface area contributed by atoms with Gasteiger partial charge in [0.05, 0.1) is 6.61 Å². The first-order chi connectivity index (χ1) is 6.69. The lowest BCUT2D eigenvalue weighted by atomic mass is 10.1. The Labute approximate surface area is 91.6 Å². The molecule has 4 heteroatoms. The number of nitroso groups, excluding NO2 is 1. The molecule has 14 heavy (non-hydrogen) atoms. The van der Waals surface area contributed by atoms with Crippen LogP contribution in [0.15, 0.2) is 21.8 Å². The van der Waals surface area contributed by atoms with Crippen LogP contribution in [-0.4, -0.2) is 6.61 Å². The van der Waals surface area contributed by atoms with Crippen LogP contribution in [0.2, 0.25) is 0 Å². The molecule has 0 heterocycles. The first-order valence-corrected chi connectivity index (χ1v) is 5.19. The average Bonchev–Trinajstić information content (AvgIpc) is 2.14. The third-order valence-electron chi connectivity index (χ3n) is 1.88. The van der Waals surface area contributed by atoms with Gasteiger partial charge in [-0.15, -0.1) is 0 Å². The van der Waals surface area contributed by atoms with Gasteiger partial charge in [-0.25, -0.2) is 0 Å². The quantitative estimate of drug-likeness (QED) is 0.776. The van der Waals surface area contributed by atoms with E-state index in [0.29, 0.717) is 6.61 Å². The van der Waals surface area contributed by atoms with Crippen molar-refractivity contribution in [1.29, 1.82) is 0 Å². The molecule has 0 unspecified atom stereocenters. The van der Waals surface area contributed by atoms with Gasteiger partial charge < -0.3 is 4.74 Å². The fourth-order valence-electron chi connectivity index (χ4n) is 1.20. The van der Waals surface area contributed by atoms with Gasteiger partial charge in [-0.3, -0.25) is 0 Å². The molecule has 1 aromatic carbocycles. The summed E-state index contributed by atoms with van der Waals surface area (Å²) in [6, 6.07) is 3.79. The Morgan fingerprint density at radius 3 is 2.79 bits per heavy atom. The molecule has 0 aromatic heterocycles. The number of halogens is 1. The van der Waals surface area contributed by atoms with E-state index < -0.39 is 0 Å². The van der Waals surface area contributed by atoms with E-state index in [0.717, 1.165) is 21.3 Å². The van der Waals surface area contributed by atoms with E-state index in [4.69, 9.17) is 4.74 Å². The van der Waals surface area contributed by atoms with Crippen molar-refractivity contribution in [2.24, 2.45) is 5.18 Å². The average molecular weight is 258 g/mol. The molecule has 0 amide bonds. The van der Waals surface area contributed by atoms with E-state index in [9.17, 15) is 4.91 Å². The number of rotatable bonds is 4. The van der Waals surface area contributed by atoms with Crippen LogP contribution in [0, 0.1) is 11.8 Å². The largest absolute Gasteiger partial charge is 0.494 e. The predicted octanol–water partition coefficient (Wildman–Crippen LogP) is 3.42. The molecule has 0 saturated carbocycles. The molecule has 0 aliphatic carbocycles. The van der Waals surface area contributed by atoms with Gasteiger partial charge in [0.15, 0.2) is 0 Å². The molecular formula is C10H12BrNO2. The van der Waals surface area contributed by atoms with Gasteiger partial charge in [-0.1, -0.05) is 21.1 Å². The molecule has 0 bridgehead atoms. The molecular weight excluding hydrogens is 246 g/mol. The lowest BCUT2D eigenvalue weighted by Crippen LogP contribution is -1.96. The molecule has 0 aliphatic rings. The van der Waals surface area contributed by atoms with Crippen molar-refractivity contribution in [3.05, 3.63) is 32.6 Å². The highest BCUT2D eigenvalue weighted by Gasteiger charge is 2.06. The zero-order valence-electron chi connectivity index (χ0n) is 8.21. The van der Waals surface area contributed by atoms with E-state index in [1.165, 1.54) is 0 Å². The standard InChI is InChI=1S/C10H12BrNO2/c1-3-14-10-5-8(6-12-13)9(11)4-7(10)2/h4-5H,3,6H2,1-2H3. The summed E-state index contributed by atoms with van der Waals surface area (Å²) in [6.07, 6.45) is 0. The SMILES string of the molecule is CCOc1cc(CN=O)c(Br)cc1C. The number of ether oxygens (including phenoxy) is 1. The second kappa shape index (κ2) is 5.10. The van der Waals surface area contributed by atoms with Gasteiger partial charge in [0.1, 0.15) is 12.3 Å². The van der Waals surface area contributed by atoms with Gasteiger partial charge in [-0.2, -0.15) is 4.91 Å². The van der Waals surface area contributed by atoms with Crippen LogP contribution in [0.4, 0.5) is 0 Å². The zero-order chi connectivity index (χ0) is 10.6. The van der Waals surface area contributed by atoms with E-state index >= 15 is 0 Å². The maximum atomic E-state index is 10.2. The monoisotopic (exact) mass is 257 g/mol. The molecule has 0 fully saturated rings. The minimum Gasteiger partial charge on any atom is -0.494 e. The first kappa shape index (κ1) is 11.2. The van der Waals surface area contributed by atoms with Crippen LogP contribution >= 0.6 is 15.9 Å². The molecule has 1 rings (SSSR count). The molecule has 1 aromatic rings. The van der Waals surface area contributed by atoms with Crippen molar-refractivity contribution in [2.45, 2.75) is 20.4 Å². The number of hydrogen-bond donors (Lipinski definition) is 0. The van der Waals surface area contributed by atoms with E-state index in [2.05, 4.69) is 21.1 Å². The van der Waals surface area contributed by atoms with Crippen molar-refractivity contribution in [3.8, 4) is 5.75 Å². The summed E-state index contributed by atoms with van der Waals surface area (Å²) in [5.74, 6) is 0.814. The zero-order valence-corrected chi connectivity index (χ0v) is 9.80. The number of aryl methyl sites for hydroxylation is 1. The second-order valence-corrected chi connectivity index (χ2v) is 3.78. The van der Waals surface area contributed by atoms with E-state index in [1.807, 2.05) is 26.0 Å². The van der Waals surface area contributed by atoms with E-state index in [1.54, 1.807) is 0 Å². The number of hydrogen-bond acceptors (Lipinski definition) is 3. The molecule has 0 atom stereocenters. The third kappa shape index (κ3) is 2.54. The molecule has 0 aliphatic heterocycles. The molecule has 0 radical (unpaired) electrons. The van der Waals surface area contributed by atoms with E-state index in [-0.39, 0.29) is 6.54 Å². The lowest BCUT2D eigenvalue weighted by molar-refractivity contribution is 0.337. The lowest BCUT2D eigenvalue weighted by Gasteiger charge is -2.09. The van der Waals surface area contributed by atoms with Gasteiger partial charge in [-0.05, 0) is 37.1 Å². The van der Waals surface area contributed by atoms with Crippen molar-refractivity contribution in [2.75, 3.05) is 6.61 Å². The summed E-state index contributed by atoms with van der Waals surface area (Å²) in [7, 11) is 0. The summed E-state index contributed by atoms with van der Waals surface area (Å²) in [5, 5.41) is 2.86. The van der Waals surface area contributed by atoms with Crippen LogP contribution in [0.5, 0.6) is 5.75 Å². The van der Waals surface area contributed by atoms with Gasteiger partial charge in [0, 0.05) is 4.47 Å². The van der Waals surface area contributed by atoms with Crippen molar-refractivity contribution >= 4 is 15.9 Å². The van der Waals surface area contributed by atoms with Gasteiger partial charge in [0.2, 0.25) is 0 Å². The molecule has 3 nitrogen and oxygen atoms in total. The Kier molecular flexibility index (Phi) is 4.07. The Balaban J connectivity index is 3.06. The van der Waals surface area contributed by atoms with Crippen molar-refractivity contribution in [1.82, 2.24) is 0 Å². The Morgan fingerprint density at radius 1 is 1.50 bits per heavy atom. The van der Waals surface area contributed by atoms with Gasteiger partial charge >= 0.3 is 0 Å². The summed E-state index contributed by atoms with van der Waals surface area (Å²) in [5.41, 5.74) is 1.91. The minimum absolute atomic E-state index is 0.168. The smallest absolute Gasteiger partial charge is 0.122 e. The normalized spacial score (nSPS) is 9.93. The molecule has 76 valence electrons. The molecule has 0 saturated heterocycles. The number of nitrogens with zero attached hydrogens (tertiary/aromatic N) is 1. The van der Waals surface area contributed by atoms with Crippen molar-refractivity contribution < 1.29 is 4.74 Å². The maximum absolute atomic E-state index is 10.2. The van der Waals surface area contributed by atoms with Crippen LogP contribution < -0.4 is 4.74 Å². The molecule has 0 spiro atoms. The Hall–Kier alpha value is -0.900. The van der Waals surface area contributed by atoms with Crippen LogP contribution in [0.1, 0.15) is 18.1 Å². The minimum atomic E-state index is 0.168. The fourth-order valence-corrected chi connectivity index (χ4v) is 1.78. The third-order valence-corrected chi connectivity index (χ3v) is 2.62. The highest BCUT2D eigenvalue weighted by molar-refractivity contribution is 9.10. The fraction of sp³-hybridized carbons (Fsp3) is 0.400. The van der Waals surface area contributed by atoms with Crippen LogP contribution in [0.3, 0.4) is 0 Å². The predicted molar refractivity (Wildman–Crippen MR) is 59.5 cm³/mol. The highest BCUT2D eigenvalue weighted by atomic mass is 79.9.